The van der Waals surface area contributed by atoms with Gasteiger partial charge in [0.05, 0.1) is 37.8 Å². The van der Waals surface area contributed by atoms with Crippen LogP contribution in [0.25, 0.3) is 0 Å². The molecule has 0 aliphatic heterocycles. The fraction of sp³-hybridized carbons (Fsp3) is 0.314. The fourth-order valence-corrected chi connectivity index (χ4v) is 4.19. The predicted octanol–water partition coefficient (Wildman–Crippen LogP) is 4.89. The third kappa shape index (κ3) is 11.7. The van der Waals surface area contributed by atoms with Crippen molar-refractivity contribution in [3.8, 4) is 0 Å². The summed E-state index contributed by atoms with van der Waals surface area (Å²) in [5.74, 6) is -2.41. The first-order valence-corrected chi connectivity index (χ1v) is 15.7. The average molecular weight is 689 g/mol. The summed E-state index contributed by atoms with van der Waals surface area (Å²) in [7, 11) is 0. The Bertz CT molecular complexity index is 1710. The molecule has 0 fully saturated rings. The number of aryl methyl sites for hydroxylation is 2. The molecule has 2 aromatic carbocycles. The molecule has 4 rings (SSSR count). The molecular weight excluding hydrogens is 648 g/mol. The summed E-state index contributed by atoms with van der Waals surface area (Å²) in [6.45, 7) is 9.27. The van der Waals surface area contributed by atoms with Crippen molar-refractivity contribution in [2.75, 3.05) is 30.4 Å². The third-order valence-corrected chi connectivity index (χ3v) is 6.49. The van der Waals surface area contributed by atoms with Crippen LogP contribution in [-0.4, -0.2) is 63.6 Å². The number of carbonyl (C=O) groups excluding carboxylic acids is 4. The maximum Gasteiger partial charge on any atom is 0.343 e. The molecule has 0 atom stereocenters. The summed E-state index contributed by atoms with van der Waals surface area (Å²) in [6.07, 6.45) is 1.99. The van der Waals surface area contributed by atoms with E-state index in [0.717, 1.165) is 16.2 Å². The molecule has 0 saturated heterocycles. The number of nitrogens with zero attached hydrogens (tertiary/aromatic N) is 5. The van der Waals surface area contributed by atoms with E-state index in [1.54, 1.807) is 34.6 Å². The lowest BCUT2D eigenvalue weighted by molar-refractivity contribution is -0.147. The van der Waals surface area contributed by atoms with E-state index in [1.807, 2.05) is 60.7 Å². The average Bonchev–Trinajstić information content (AvgIpc) is 3.10. The number of hydroxylamine groups is 1. The number of amides is 1. The molecule has 0 radical (unpaired) electrons. The van der Waals surface area contributed by atoms with E-state index in [1.165, 1.54) is 12.7 Å². The van der Waals surface area contributed by atoms with Crippen LogP contribution in [0.2, 0.25) is 0 Å². The van der Waals surface area contributed by atoms with Crippen molar-refractivity contribution in [2.24, 2.45) is 0 Å². The molecule has 0 bridgehead atoms. The fourth-order valence-electron chi connectivity index (χ4n) is 4.19. The second kappa shape index (κ2) is 20.5. The zero-order valence-electron chi connectivity index (χ0n) is 28.6. The number of benzene rings is 2. The molecule has 15 nitrogen and oxygen atoms in total. The number of aromatic nitrogens is 4. The van der Waals surface area contributed by atoms with Gasteiger partial charge in [0.25, 0.3) is 5.91 Å². The molecule has 264 valence electrons. The Kier molecular flexibility index (Phi) is 15.9. The summed E-state index contributed by atoms with van der Waals surface area (Å²) in [5.41, 5.74) is 5.60. The molecule has 0 saturated carbocycles. The van der Waals surface area contributed by atoms with E-state index < -0.39 is 30.2 Å². The SMILES string of the molecule is CCOC(=O)CC(=O)N(OCc1ccccc1)c1ncnc(C)c1C(=O)OCC.CCOC(=O)c1c(C)ncnc1NOCc1ccccc1. The topological polar surface area (TPSA) is 181 Å². The maximum absolute atomic E-state index is 12.8. The van der Waals surface area contributed by atoms with Crippen LogP contribution in [0.1, 0.15) is 70.4 Å². The molecule has 0 spiro atoms. The first-order valence-electron chi connectivity index (χ1n) is 15.7. The number of nitrogens with one attached hydrogen (secondary N) is 1. The lowest BCUT2D eigenvalue weighted by atomic mass is 10.2. The van der Waals surface area contributed by atoms with Gasteiger partial charge < -0.3 is 14.2 Å². The molecule has 0 aliphatic carbocycles. The van der Waals surface area contributed by atoms with E-state index in [-0.39, 0.29) is 43.4 Å². The van der Waals surface area contributed by atoms with Crippen molar-refractivity contribution in [1.29, 1.82) is 0 Å². The lowest BCUT2D eigenvalue weighted by Crippen LogP contribution is -2.35. The first-order chi connectivity index (χ1) is 24.2. The van der Waals surface area contributed by atoms with Crippen molar-refractivity contribution in [3.63, 3.8) is 0 Å². The minimum atomic E-state index is -0.733. The number of rotatable bonds is 15. The molecule has 50 heavy (non-hydrogen) atoms. The molecule has 0 unspecified atom stereocenters. The number of hydrogen-bond donors (Lipinski definition) is 1. The number of hydrogen-bond acceptors (Lipinski definition) is 14. The van der Waals surface area contributed by atoms with Gasteiger partial charge in [0.15, 0.2) is 11.6 Å². The van der Waals surface area contributed by atoms with Crippen LogP contribution < -0.4 is 10.5 Å². The summed E-state index contributed by atoms with van der Waals surface area (Å²) >= 11 is 0. The van der Waals surface area contributed by atoms with Crippen molar-refractivity contribution < 1.29 is 43.1 Å². The zero-order valence-corrected chi connectivity index (χ0v) is 28.6. The number of esters is 3. The number of ether oxygens (including phenoxy) is 3. The van der Waals surface area contributed by atoms with Crippen LogP contribution in [0.4, 0.5) is 11.6 Å². The Morgan fingerprint density at radius 2 is 1.18 bits per heavy atom. The summed E-state index contributed by atoms with van der Waals surface area (Å²) in [4.78, 5) is 76.0. The Morgan fingerprint density at radius 3 is 1.76 bits per heavy atom. The van der Waals surface area contributed by atoms with Crippen LogP contribution in [0.15, 0.2) is 73.3 Å². The number of carbonyl (C=O) groups is 4. The zero-order chi connectivity index (χ0) is 36.3. The Balaban J connectivity index is 0.000000284. The molecule has 1 amide bonds. The predicted molar refractivity (Wildman–Crippen MR) is 180 cm³/mol. The Labute approximate surface area is 289 Å². The molecular formula is C35H40N6O9. The summed E-state index contributed by atoms with van der Waals surface area (Å²) < 4.78 is 14.9. The van der Waals surface area contributed by atoms with E-state index in [9.17, 15) is 19.2 Å². The lowest BCUT2D eigenvalue weighted by Gasteiger charge is -2.23. The van der Waals surface area contributed by atoms with Crippen molar-refractivity contribution >= 4 is 35.5 Å². The third-order valence-electron chi connectivity index (χ3n) is 6.49. The van der Waals surface area contributed by atoms with Gasteiger partial charge in [-0.3, -0.25) is 19.3 Å². The van der Waals surface area contributed by atoms with Crippen LogP contribution in [0.3, 0.4) is 0 Å². The van der Waals surface area contributed by atoms with Crippen molar-refractivity contribution in [3.05, 3.63) is 107 Å². The number of anilines is 2. The normalized spacial score (nSPS) is 10.3. The molecule has 15 heteroatoms. The van der Waals surface area contributed by atoms with Crippen LogP contribution in [0, 0.1) is 13.8 Å². The highest BCUT2D eigenvalue weighted by molar-refractivity contribution is 6.05. The van der Waals surface area contributed by atoms with E-state index in [2.05, 4.69) is 25.4 Å². The minimum Gasteiger partial charge on any atom is -0.466 e. The molecule has 0 aliphatic rings. The van der Waals surface area contributed by atoms with Gasteiger partial charge in [0.2, 0.25) is 0 Å². The van der Waals surface area contributed by atoms with Crippen LogP contribution in [0.5, 0.6) is 0 Å². The van der Waals surface area contributed by atoms with Gasteiger partial charge in [-0.05, 0) is 45.7 Å². The maximum atomic E-state index is 12.8. The standard InChI is InChI=1S/C20H23N3O6.C15H17N3O3/c1-4-27-17(25)11-16(24)23(29-12-15-9-7-6-8-10-15)19-18(20(26)28-5-2)14(3)21-13-22-19;1-3-20-15(19)13-11(2)16-10-17-14(13)18-21-9-12-7-5-4-6-8-12/h6-10,13H,4-5,11-12H2,1-3H3;4-8,10H,3,9H2,1-2H3,(H,16,17,18). The molecule has 2 aromatic heterocycles. The van der Waals surface area contributed by atoms with Crippen molar-refractivity contribution in [2.45, 2.75) is 54.3 Å². The highest BCUT2D eigenvalue weighted by Crippen LogP contribution is 2.23. The quantitative estimate of drug-likeness (QED) is 0.0772. The first kappa shape index (κ1) is 38.6. The van der Waals surface area contributed by atoms with Gasteiger partial charge >= 0.3 is 17.9 Å². The smallest absolute Gasteiger partial charge is 0.343 e. The molecule has 1 N–H and O–H groups in total. The van der Waals surface area contributed by atoms with Crippen LogP contribution in [-0.2, 0) is 46.7 Å². The minimum absolute atomic E-state index is 0.0142. The Morgan fingerprint density at radius 1 is 0.660 bits per heavy atom. The van der Waals surface area contributed by atoms with Gasteiger partial charge in [-0.15, -0.1) is 0 Å². The van der Waals surface area contributed by atoms with Gasteiger partial charge in [-0.25, -0.2) is 35.0 Å². The van der Waals surface area contributed by atoms with Gasteiger partial charge in [0, 0.05) is 0 Å². The van der Waals surface area contributed by atoms with E-state index in [0.29, 0.717) is 23.8 Å². The highest BCUT2D eigenvalue weighted by atomic mass is 16.7. The van der Waals surface area contributed by atoms with E-state index in [4.69, 9.17) is 23.9 Å². The highest BCUT2D eigenvalue weighted by Gasteiger charge is 2.29. The second-order valence-electron chi connectivity index (χ2n) is 10.1. The van der Waals surface area contributed by atoms with Crippen LogP contribution >= 0.6 is 0 Å². The summed E-state index contributed by atoms with van der Waals surface area (Å²) in [5, 5.41) is 0.824. The monoisotopic (exact) mass is 688 g/mol. The summed E-state index contributed by atoms with van der Waals surface area (Å²) in [6, 6.07) is 18.8. The largest absolute Gasteiger partial charge is 0.466 e. The van der Waals surface area contributed by atoms with E-state index >= 15 is 0 Å². The molecule has 4 aromatic rings. The van der Waals surface area contributed by atoms with Crippen molar-refractivity contribution in [1.82, 2.24) is 19.9 Å². The second-order valence-corrected chi connectivity index (χ2v) is 10.1. The van der Waals surface area contributed by atoms with Gasteiger partial charge in [0.1, 0.15) is 36.8 Å². The Hall–Kier alpha value is -5.80. The van der Waals surface area contributed by atoms with Gasteiger partial charge in [-0.2, -0.15) is 5.06 Å². The van der Waals surface area contributed by atoms with Gasteiger partial charge in [-0.1, -0.05) is 60.7 Å². The molecule has 2 heterocycles.